The largest absolute Gasteiger partial charge is 0.497 e. The first-order valence-electron chi connectivity index (χ1n) is 9.32. The van der Waals surface area contributed by atoms with Gasteiger partial charge < -0.3 is 24.6 Å². The van der Waals surface area contributed by atoms with Gasteiger partial charge in [0.1, 0.15) is 23.4 Å². The summed E-state index contributed by atoms with van der Waals surface area (Å²) in [7, 11) is 3.39. The van der Waals surface area contributed by atoms with E-state index in [0.29, 0.717) is 19.0 Å². The van der Waals surface area contributed by atoms with E-state index in [1.54, 1.807) is 14.2 Å². The monoisotopic (exact) mass is 374 g/mol. The standard InChI is InChI=1S/C20H30N4O3/c1-6-18-17(19(7-2)27-24-18)13-23-20(21-4)22-12-14(3)26-16-10-8-9-15(11-16)25-5/h8-11,14H,6-7,12-13H2,1-5H3,(H2,21,22,23). The number of guanidine groups is 1. The minimum absolute atomic E-state index is 0.0383. The summed E-state index contributed by atoms with van der Waals surface area (Å²) in [6.07, 6.45) is 1.63. The van der Waals surface area contributed by atoms with Gasteiger partial charge in [-0.1, -0.05) is 25.1 Å². The molecule has 148 valence electrons. The summed E-state index contributed by atoms with van der Waals surface area (Å²) in [5, 5.41) is 10.7. The van der Waals surface area contributed by atoms with E-state index in [1.165, 1.54) is 0 Å². The van der Waals surface area contributed by atoms with Crippen LogP contribution in [0.25, 0.3) is 0 Å². The van der Waals surface area contributed by atoms with E-state index >= 15 is 0 Å². The SMILES string of the molecule is CCc1noc(CC)c1CNC(=NC)NCC(C)Oc1cccc(OC)c1. The Morgan fingerprint density at radius 1 is 1.22 bits per heavy atom. The van der Waals surface area contributed by atoms with Crippen molar-refractivity contribution in [1.82, 2.24) is 15.8 Å². The smallest absolute Gasteiger partial charge is 0.191 e. The molecule has 0 radical (unpaired) electrons. The molecule has 1 aromatic carbocycles. The third-order valence-corrected chi connectivity index (χ3v) is 4.20. The van der Waals surface area contributed by atoms with E-state index in [1.807, 2.05) is 31.2 Å². The third kappa shape index (κ3) is 5.91. The van der Waals surface area contributed by atoms with Crippen LogP contribution in [0, 0.1) is 0 Å². The van der Waals surface area contributed by atoms with Gasteiger partial charge in [0.2, 0.25) is 0 Å². The van der Waals surface area contributed by atoms with Gasteiger partial charge in [0.05, 0.1) is 19.3 Å². The highest BCUT2D eigenvalue weighted by Gasteiger charge is 2.14. The molecule has 0 bridgehead atoms. The Morgan fingerprint density at radius 3 is 2.67 bits per heavy atom. The molecule has 1 unspecified atom stereocenters. The number of ether oxygens (including phenoxy) is 2. The van der Waals surface area contributed by atoms with Crippen LogP contribution in [0.1, 0.15) is 37.8 Å². The van der Waals surface area contributed by atoms with E-state index in [2.05, 4.69) is 34.6 Å². The van der Waals surface area contributed by atoms with Crippen molar-refractivity contribution in [2.45, 2.75) is 46.3 Å². The quantitative estimate of drug-likeness (QED) is 0.519. The van der Waals surface area contributed by atoms with Crippen molar-refractivity contribution in [2.24, 2.45) is 4.99 Å². The van der Waals surface area contributed by atoms with Crippen LogP contribution in [0.15, 0.2) is 33.8 Å². The van der Waals surface area contributed by atoms with Gasteiger partial charge in [-0.2, -0.15) is 0 Å². The molecule has 2 N–H and O–H groups in total. The van der Waals surface area contributed by atoms with Gasteiger partial charge in [0.25, 0.3) is 0 Å². The number of hydrogen-bond donors (Lipinski definition) is 2. The maximum absolute atomic E-state index is 5.92. The molecule has 27 heavy (non-hydrogen) atoms. The second kappa shape index (κ2) is 10.4. The Balaban J connectivity index is 1.85. The van der Waals surface area contributed by atoms with Gasteiger partial charge in [-0.25, -0.2) is 0 Å². The van der Waals surface area contributed by atoms with E-state index in [9.17, 15) is 0 Å². The summed E-state index contributed by atoms with van der Waals surface area (Å²) in [6.45, 7) is 7.38. The molecule has 7 heteroatoms. The molecule has 1 aromatic heterocycles. The Kier molecular flexibility index (Phi) is 7.98. The molecule has 0 aliphatic rings. The van der Waals surface area contributed by atoms with Crippen LogP contribution in [-0.2, 0) is 19.4 Å². The van der Waals surface area contributed by atoms with Gasteiger partial charge in [-0.15, -0.1) is 0 Å². The summed E-state index contributed by atoms with van der Waals surface area (Å²) in [6, 6.07) is 7.58. The molecule has 1 atom stereocenters. The molecule has 2 aromatic rings. The van der Waals surface area contributed by atoms with Crippen molar-refractivity contribution < 1.29 is 14.0 Å². The highest BCUT2D eigenvalue weighted by Crippen LogP contribution is 2.19. The van der Waals surface area contributed by atoms with Crippen molar-refractivity contribution in [3.8, 4) is 11.5 Å². The van der Waals surface area contributed by atoms with Crippen molar-refractivity contribution in [1.29, 1.82) is 0 Å². The van der Waals surface area contributed by atoms with Gasteiger partial charge in [0.15, 0.2) is 5.96 Å². The Labute approximate surface area is 161 Å². The maximum atomic E-state index is 5.92. The highest BCUT2D eigenvalue weighted by molar-refractivity contribution is 5.79. The van der Waals surface area contributed by atoms with Gasteiger partial charge >= 0.3 is 0 Å². The van der Waals surface area contributed by atoms with Crippen molar-refractivity contribution >= 4 is 5.96 Å². The molecule has 0 spiro atoms. The molecule has 1 heterocycles. The van der Waals surface area contributed by atoms with Gasteiger partial charge in [-0.05, 0) is 25.5 Å². The van der Waals surface area contributed by atoms with Gasteiger partial charge in [-0.3, -0.25) is 4.99 Å². The molecule has 2 rings (SSSR count). The second-order valence-corrected chi connectivity index (χ2v) is 6.15. The van der Waals surface area contributed by atoms with E-state index in [-0.39, 0.29) is 6.10 Å². The van der Waals surface area contributed by atoms with Crippen LogP contribution in [-0.4, -0.2) is 37.9 Å². The van der Waals surface area contributed by atoms with Crippen LogP contribution < -0.4 is 20.1 Å². The minimum Gasteiger partial charge on any atom is -0.497 e. The predicted octanol–water partition coefficient (Wildman–Crippen LogP) is 2.94. The Bertz CT molecular complexity index is 721. The molecule has 0 fully saturated rings. The second-order valence-electron chi connectivity index (χ2n) is 6.15. The summed E-state index contributed by atoms with van der Waals surface area (Å²) >= 11 is 0. The molecule has 0 aliphatic carbocycles. The van der Waals surface area contributed by atoms with Crippen LogP contribution >= 0.6 is 0 Å². The van der Waals surface area contributed by atoms with Crippen LogP contribution in [0.2, 0.25) is 0 Å². The summed E-state index contributed by atoms with van der Waals surface area (Å²) < 4.78 is 16.5. The zero-order valence-electron chi connectivity index (χ0n) is 16.8. The first-order chi connectivity index (χ1) is 13.1. The normalized spacial score (nSPS) is 12.6. The lowest BCUT2D eigenvalue weighted by molar-refractivity contribution is 0.223. The fourth-order valence-corrected chi connectivity index (χ4v) is 2.72. The number of aryl methyl sites for hydroxylation is 2. The van der Waals surface area contributed by atoms with Crippen molar-refractivity contribution in [3.05, 3.63) is 41.3 Å². The minimum atomic E-state index is -0.0383. The molecular formula is C20H30N4O3. The topological polar surface area (TPSA) is 80.9 Å². The lowest BCUT2D eigenvalue weighted by atomic mass is 10.1. The van der Waals surface area contributed by atoms with Crippen LogP contribution in [0.3, 0.4) is 0 Å². The summed E-state index contributed by atoms with van der Waals surface area (Å²) in [5.41, 5.74) is 2.10. The number of aromatic nitrogens is 1. The molecule has 0 amide bonds. The molecule has 7 nitrogen and oxygen atoms in total. The first kappa shape index (κ1) is 20.6. The number of hydrogen-bond acceptors (Lipinski definition) is 5. The van der Waals surface area contributed by atoms with E-state index in [4.69, 9.17) is 14.0 Å². The van der Waals surface area contributed by atoms with Crippen molar-refractivity contribution in [2.75, 3.05) is 20.7 Å². The van der Waals surface area contributed by atoms with Gasteiger partial charge in [0, 0.05) is 31.6 Å². The summed E-state index contributed by atoms with van der Waals surface area (Å²) in [5.74, 6) is 3.18. The zero-order valence-corrected chi connectivity index (χ0v) is 16.8. The first-order valence-corrected chi connectivity index (χ1v) is 9.32. The number of methoxy groups -OCH3 is 1. The number of nitrogens with zero attached hydrogens (tertiary/aromatic N) is 2. The van der Waals surface area contributed by atoms with Crippen LogP contribution in [0.5, 0.6) is 11.5 Å². The molecule has 0 saturated carbocycles. The highest BCUT2D eigenvalue weighted by atomic mass is 16.5. The summed E-state index contributed by atoms with van der Waals surface area (Å²) in [4.78, 5) is 4.27. The van der Waals surface area contributed by atoms with Crippen molar-refractivity contribution in [3.63, 3.8) is 0 Å². The maximum Gasteiger partial charge on any atom is 0.191 e. The average Bonchev–Trinajstić information content (AvgIpc) is 3.10. The molecule has 0 aliphatic heterocycles. The number of aliphatic imine (C=N–C) groups is 1. The van der Waals surface area contributed by atoms with E-state index < -0.39 is 0 Å². The Hall–Kier alpha value is -2.70. The molecule has 0 saturated heterocycles. The fourth-order valence-electron chi connectivity index (χ4n) is 2.72. The fraction of sp³-hybridized carbons (Fsp3) is 0.500. The zero-order chi connectivity index (χ0) is 19.6. The average molecular weight is 374 g/mol. The van der Waals surface area contributed by atoms with Crippen LogP contribution in [0.4, 0.5) is 0 Å². The number of rotatable bonds is 9. The lowest BCUT2D eigenvalue weighted by Gasteiger charge is -2.18. The Morgan fingerprint density at radius 2 is 2.00 bits per heavy atom. The number of benzene rings is 1. The van der Waals surface area contributed by atoms with E-state index in [0.717, 1.165) is 41.4 Å². The predicted molar refractivity (Wildman–Crippen MR) is 107 cm³/mol. The molecular weight excluding hydrogens is 344 g/mol. The lowest BCUT2D eigenvalue weighted by Crippen LogP contribution is -2.41. The number of nitrogens with one attached hydrogen (secondary N) is 2. The third-order valence-electron chi connectivity index (χ3n) is 4.20.